The van der Waals surface area contributed by atoms with E-state index in [1.807, 2.05) is 0 Å². The molecule has 0 atom stereocenters. The van der Waals surface area contributed by atoms with Crippen molar-refractivity contribution in [1.29, 1.82) is 0 Å². The van der Waals surface area contributed by atoms with Crippen molar-refractivity contribution in [3.05, 3.63) is 72.0 Å². The molecule has 1 fully saturated rings. The summed E-state index contributed by atoms with van der Waals surface area (Å²) < 4.78 is 26.3. The number of ether oxygens (including phenoxy) is 1. The highest BCUT2D eigenvalue weighted by atomic mass is 19.1. The van der Waals surface area contributed by atoms with Crippen LogP contribution in [0.1, 0.15) is 55.4 Å². The molecule has 214 valence electrons. The largest absolute Gasteiger partial charge is 0.444 e. The van der Waals surface area contributed by atoms with Crippen LogP contribution < -0.4 is 10.2 Å². The van der Waals surface area contributed by atoms with E-state index in [1.165, 1.54) is 28.2 Å². The molecule has 0 saturated heterocycles. The number of halogens is 1. The Morgan fingerprint density at radius 3 is 2.76 bits per heavy atom. The van der Waals surface area contributed by atoms with Gasteiger partial charge >= 0.3 is 6.09 Å². The molecule has 5 rings (SSSR count). The Labute approximate surface area is 236 Å². The molecule has 3 heterocycles. The predicted octanol–water partition coefficient (Wildman–Crippen LogP) is 5.29. The molecule has 1 saturated carbocycles. The van der Waals surface area contributed by atoms with Gasteiger partial charge in [-0.25, -0.2) is 23.8 Å². The molecule has 4 aromatic rings. The summed E-state index contributed by atoms with van der Waals surface area (Å²) in [7, 11) is 0. The Kier molecular flexibility index (Phi) is 7.84. The van der Waals surface area contributed by atoms with Gasteiger partial charge in [-0.2, -0.15) is 5.10 Å². The second-order valence-electron chi connectivity index (χ2n) is 10.8. The Bertz CT molecular complexity index is 1560. The quantitative estimate of drug-likeness (QED) is 0.281. The second-order valence-corrected chi connectivity index (χ2v) is 10.8. The lowest BCUT2D eigenvalue weighted by molar-refractivity contribution is 0.0577. The first-order valence-electron chi connectivity index (χ1n) is 13.2. The van der Waals surface area contributed by atoms with Gasteiger partial charge < -0.3 is 19.6 Å². The van der Waals surface area contributed by atoms with Gasteiger partial charge in [0.05, 0.1) is 24.2 Å². The molecule has 1 aromatic carbocycles. The van der Waals surface area contributed by atoms with E-state index in [2.05, 4.69) is 20.4 Å². The van der Waals surface area contributed by atoms with Crippen LogP contribution in [-0.4, -0.2) is 49.0 Å². The number of amides is 2. The first-order chi connectivity index (χ1) is 19.6. The highest BCUT2D eigenvalue weighted by Crippen LogP contribution is 2.33. The standard InChI is InChI=1S/C29H31FN6O5/c1-29(2,3)41-28(39)35(14-18-7-8-18)25-12-20(9-10-31-25)27-33-24(17-40-27)26(38)32-23-15-36(34-22(23)13-30)21-6-4-5-19(11-21)16-37/h4-6,9-12,15,17-18,37H,7-8,13-14,16H2,1-3H3,(H,32,38). The van der Waals surface area contributed by atoms with Crippen molar-refractivity contribution in [2.45, 2.75) is 52.5 Å². The van der Waals surface area contributed by atoms with Gasteiger partial charge in [0.25, 0.3) is 5.91 Å². The highest BCUT2D eigenvalue weighted by molar-refractivity contribution is 6.03. The molecule has 0 spiro atoms. The van der Waals surface area contributed by atoms with Crippen LogP contribution in [0.2, 0.25) is 0 Å². The number of nitrogens with zero attached hydrogens (tertiary/aromatic N) is 5. The van der Waals surface area contributed by atoms with Crippen LogP contribution in [0.4, 0.5) is 20.7 Å². The van der Waals surface area contributed by atoms with Gasteiger partial charge in [-0.05, 0) is 69.4 Å². The number of benzene rings is 1. The van der Waals surface area contributed by atoms with Gasteiger partial charge in [-0.3, -0.25) is 9.69 Å². The average molecular weight is 563 g/mol. The Balaban J connectivity index is 1.34. The number of nitrogens with one attached hydrogen (secondary N) is 1. The molecule has 0 radical (unpaired) electrons. The smallest absolute Gasteiger partial charge is 0.416 e. The van der Waals surface area contributed by atoms with E-state index in [4.69, 9.17) is 9.15 Å². The summed E-state index contributed by atoms with van der Waals surface area (Å²) in [5, 5.41) is 16.3. The van der Waals surface area contributed by atoms with Crippen LogP contribution in [-0.2, 0) is 18.0 Å². The molecule has 0 aliphatic heterocycles. The summed E-state index contributed by atoms with van der Waals surface area (Å²) in [6, 6.07) is 10.3. The number of oxazole rings is 1. The number of carbonyl (C=O) groups excluding carboxylic acids is 2. The van der Waals surface area contributed by atoms with Crippen LogP contribution in [0, 0.1) is 5.92 Å². The lowest BCUT2D eigenvalue weighted by Gasteiger charge is -2.27. The first-order valence-corrected chi connectivity index (χ1v) is 13.2. The third-order valence-corrected chi connectivity index (χ3v) is 6.28. The van der Waals surface area contributed by atoms with E-state index < -0.39 is 24.3 Å². The molecular formula is C29H31FN6O5. The molecule has 12 heteroatoms. The van der Waals surface area contributed by atoms with Crippen LogP contribution >= 0.6 is 0 Å². The first kappa shape index (κ1) is 28.0. The minimum Gasteiger partial charge on any atom is -0.444 e. The van der Waals surface area contributed by atoms with E-state index in [-0.39, 0.29) is 29.6 Å². The number of pyridine rings is 1. The summed E-state index contributed by atoms with van der Waals surface area (Å²) in [4.78, 5) is 36.1. The van der Waals surface area contributed by atoms with Crippen LogP contribution in [0.5, 0.6) is 0 Å². The summed E-state index contributed by atoms with van der Waals surface area (Å²) in [6.07, 6.45) is 5.81. The van der Waals surface area contributed by atoms with E-state index in [9.17, 15) is 19.1 Å². The lowest BCUT2D eigenvalue weighted by atomic mass is 10.2. The fourth-order valence-electron chi connectivity index (χ4n) is 4.08. The van der Waals surface area contributed by atoms with Crippen molar-refractivity contribution in [2.24, 2.45) is 5.92 Å². The predicted molar refractivity (Wildman–Crippen MR) is 148 cm³/mol. The normalized spacial score (nSPS) is 13.2. The van der Waals surface area contributed by atoms with Crippen molar-refractivity contribution >= 4 is 23.5 Å². The maximum Gasteiger partial charge on any atom is 0.416 e. The van der Waals surface area contributed by atoms with E-state index in [0.717, 1.165) is 12.8 Å². The SMILES string of the molecule is CC(C)(C)OC(=O)N(CC1CC1)c1cc(-c2nc(C(=O)Nc3cn(-c4cccc(CO)c4)nc3CF)co2)ccn1. The molecule has 0 unspecified atom stereocenters. The second kappa shape index (κ2) is 11.5. The van der Waals surface area contributed by atoms with Gasteiger partial charge in [-0.15, -0.1) is 0 Å². The molecule has 41 heavy (non-hydrogen) atoms. The van der Waals surface area contributed by atoms with Gasteiger partial charge in [0.2, 0.25) is 5.89 Å². The molecular weight excluding hydrogens is 531 g/mol. The van der Waals surface area contributed by atoms with E-state index in [1.54, 1.807) is 57.2 Å². The topological polar surface area (TPSA) is 136 Å². The molecule has 11 nitrogen and oxygen atoms in total. The fourth-order valence-corrected chi connectivity index (χ4v) is 4.08. The third kappa shape index (κ3) is 6.77. The van der Waals surface area contributed by atoms with Crippen molar-refractivity contribution in [3.8, 4) is 17.1 Å². The number of aliphatic hydroxyl groups is 1. The maximum atomic E-state index is 13.7. The molecule has 1 aliphatic carbocycles. The van der Waals surface area contributed by atoms with E-state index in [0.29, 0.717) is 35.1 Å². The number of carbonyl (C=O) groups is 2. The maximum absolute atomic E-state index is 13.7. The minimum absolute atomic E-state index is 0.0276. The molecule has 3 aromatic heterocycles. The lowest BCUT2D eigenvalue weighted by Crippen LogP contribution is -2.38. The number of aromatic nitrogens is 4. The summed E-state index contributed by atoms with van der Waals surface area (Å²) in [5.41, 5.74) is 1.31. The van der Waals surface area contributed by atoms with Gasteiger partial charge in [-0.1, -0.05) is 12.1 Å². The van der Waals surface area contributed by atoms with Crippen molar-refractivity contribution in [3.63, 3.8) is 0 Å². The third-order valence-electron chi connectivity index (χ3n) is 6.28. The summed E-state index contributed by atoms with van der Waals surface area (Å²) in [6.45, 7) is 4.85. The Morgan fingerprint density at radius 1 is 1.24 bits per heavy atom. The fraction of sp³-hybridized carbons (Fsp3) is 0.345. The van der Waals surface area contributed by atoms with Gasteiger partial charge in [0.1, 0.15) is 30.1 Å². The zero-order valence-electron chi connectivity index (χ0n) is 23.0. The summed E-state index contributed by atoms with van der Waals surface area (Å²) >= 11 is 0. The van der Waals surface area contributed by atoms with Crippen LogP contribution in [0.15, 0.2) is 59.5 Å². The zero-order chi connectivity index (χ0) is 29.1. The summed E-state index contributed by atoms with van der Waals surface area (Å²) in [5.74, 6) is 0.314. The monoisotopic (exact) mass is 562 g/mol. The van der Waals surface area contributed by atoms with Crippen LogP contribution in [0.25, 0.3) is 17.1 Å². The Morgan fingerprint density at radius 2 is 2.05 bits per heavy atom. The van der Waals surface area contributed by atoms with Crippen molar-refractivity contribution in [2.75, 3.05) is 16.8 Å². The number of alkyl halides is 1. The van der Waals surface area contributed by atoms with Gasteiger partial charge in [0, 0.05) is 18.3 Å². The van der Waals surface area contributed by atoms with Crippen molar-refractivity contribution < 1.29 is 28.2 Å². The minimum atomic E-state index is -0.902. The highest BCUT2D eigenvalue weighted by Gasteiger charge is 2.31. The van der Waals surface area contributed by atoms with Crippen molar-refractivity contribution in [1.82, 2.24) is 19.7 Å². The van der Waals surface area contributed by atoms with E-state index >= 15 is 0 Å². The molecule has 1 aliphatic rings. The number of anilines is 2. The van der Waals surface area contributed by atoms with Crippen LogP contribution in [0.3, 0.4) is 0 Å². The number of rotatable bonds is 9. The average Bonchev–Trinajstić information content (AvgIpc) is 3.46. The Hall–Kier alpha value is -4.58. The zero-order valence-corrected chi connectivity index (χ0v) is 23.0. The van der Waals surface area contributed by atoms with Gasteiger partial charge in [0.15, 0.2) is 5.69 Å². The molecule has 2 amide bonds. The number of hydrogen-bond donors (Lipinski definition) is 2. The number of hydrogen-bond acceptors (Lipinski definition) is 8. The molecule has 0 bridgehead atoms. The number of aliphatic hydroxyl groups excluding tert-OH is 1. The molecule has 2 N–H and O–H groups in total.